The van der Waals surface area contributed by atoms with Gasteiger partial charge in [0.2, 0.25) is 5.91 Å². The van der Waals surface area contributed by atoms with Crippen LogP contribution in [0.3, 0.4) is 0 Å². The van der Waals surface area contributed by atoms with Crippen LogP contribution in [0.4, 0.5) is 0 Å². The fourth-order valence-corrected chi connectivity index (χ4v) is 3.35. The molecule has 2 atom stereocenters. The maximum Gasteiger partial charge on any atom is 0.234 e. The first-order chi connectivity index (χ1) is 7.84. The van der Waals surface area contributed by atoms with Gasteiger partial charge in [0.1, 0.15) is 0 Å². The van der Waals surface area contributed by atoms with Crippen LogP contribution in [-0.4, -0.2) is 43.0 Å². The highest BCUT2D eigenvalue weighted by Gasteiger charge is 2.35. The van der Waals surface area contributed by atoms with Gasteiger partial charge in [0.25, 0.3) is 0 Å². The van der Waals surface area contributed by atoms with Crippen molar-refractivity contribution in [2.75, 3.05) is 26.2 Å². The molecule has 16 heavy (non-hydrogen) atoms. The summed E-state index contributed by atoms with van der Waals surface area (Å²) in [6.07, 6.45) is 0. The molecule has 1 amide bonds. The van der Waals surface area contributed by atoms with Gasteiger partial charge in [0.15, 0.2) is 0 Å². The van der Waals surface area contributed by atoms with Crippen LogP contribution in [-0.2, 0) is 4.79 Å². The van der Waals surface area contributed by atoms with Gasteiger partial charge in [-0.15, -0.1) is 11.3 Å². The van der Waals surface area contributed by atoms with Crippen LogP contribution < -0.4 is 10.6 Å². The highest BCUT2D eigenvalue weighted by atomic mass is 32.1. The van der Waals surface area contributed by atoms with Gasteiger partial charge in [-0.3, -0.25) is 9.69 Å². The van der Waals surface area contributed by atoms with Crippen LogP contribution in [0.25, 0.3) is 0 Å². The lowest BCUT2D eigenvalue weighted by molar-refractivity contribution is -0.127. The van der Waals surface area contributed by atoms with Gasteiger partial charge in [0, 0.05) is 30.6 Å². The summed E-state index contributed by atoms with van der Waals surface area (Å²) in [7, 11) is 0. The summed E-state index contributed by atoms with van der Waals surface area (Å²) in [5, 5.41) is 8.48. The zero-order valence-corrected chi connectivity index (χ0v) is 9.80. The van der Waals surface area contributed by atoms with Crippen molar-refractivity contribution in [3.05, 3.63) is 22.4 Å². The van der Waals surface area contributed by atoms with Crippen molar-refractivity contribution in [1.82, 2.24) is 15.5 Å². The average Bonchev–Trinajstić information content (AvgIpc) is 2.81. The third-order valence-electron chi connectivity index (χ3n) is 3.32. The van der Waals surface area contributed by atoms with E-state index < -0.39 is 0 Å². The Morgan fingerprint density at radius 2 is 2.31 bits per heavy atom. The molecule has 5 heteroatoms. The first-order valence-electron chi connectivity index (χ1n) is 5.61. The van der Waals surface area contributed by atoms with Crippen LogP contribution in [0.15, 0.2) is 17.5 Å². The lowest BCUT2D eigenvalue weighted by atomic mass is 10.0. The number of fused-ring (bicyclic) bond motifs is 1. The molecular formula is C11H15N3OS. The van der Waals surface area contributed by atoms with Gasteiger partial charge >= 0.3 is 0 Å². The molecule has 86 valence electrons. The molecule has 1 aromatic rings. The average molecular weight is 237 g/mol. The standard InChI is InChI=1S/C11H15N3OS/c15-11-7-14-8(5-13-11)4-12-6-9(14)10-2-1-3-16-10/h1-3,8-9,12H,4-7H2,(H,13,15). The Morgan fingerprint density at radius 1 is 1.38 bits per heavy atom. The topological polar surface area (TPSA) is 44.4 Å². The quantitative estimate of drug-likeness (QED) is 0.733. The van der Waals surface area contributed by atoms with Crippen LogP contribution in [0.5, 0.6) is 0 Å². The Hall–Kier alpha value is -0.910. The molecule has 2 saturated heterocycles. The first-order valence-corrected chi connectivity index (χ1v) is 6.49. The number of amides is 1. The second kappa shape index (κ2) is 4.16. The van der Waals surface area contributed by atoms with Crippen LogP contribution >= 0.6 is 11.3 Å². The summed E-state index contributed by atoms with van der Waals surface area (Å²) in [6.45, 7) is 3.23. The number of nitrogens with zero attached hydrogens (tertiary/aromatic N) is 1. The molecule has 2 fully saturated rings. The second-order valence-electron chi connectivity index (χ2n) is 4.32. The Kier molecular flexibility index (Phi) is 2.67. The molecule has 1 aromatic heterocycles. The lowest BCUT2D eigenvalue weighted by Gasteiger charge is -2.44. The van der Waals surface area contributed by atoms with Gasteiger partial charge in [-0.2, -0.15) is 0 Å². The van der Waals surface area contributed by atoms with Crippen molar-refractivity contribution in [2.45, 2.75) is 12.1 Å². The van der Waals surface area contributed by atoms with E-state index in [2.05, 4.69) is 33.0 Å². The van der Waals surface area contributed by atoms with Crippen LogP contribution in [0.1, 0.15) is 10.9 Å². The highest BCUT2D eigenvalue weighted by Crippen LogP contribution is 2.29. The molecule has 0 aromatic carbocycles. The summed E-state index contributed by atoms with van der Waals surface area (Å²) in [5.41, 5.74) is 0. The summed E-state index contributed by atoms with van der Waals surface area (Å²) < 4.78 is 0. The Morgan fingerprint density at radius 3 is 3.12 bits per heavy atom. The number of hydrogen-bond donors (Lipinski definition) is 2. The third kappa shape index (κ3) is 1.75. The maximum atomic E-state index is 11.5. The molecule has 3 rings (SSSR count). The van der Waals surface area contributed by atoms with E-state index in [0.717, 1.165) is 19.6 Å². The van der Waals surface area contributed by atoms with E-state index in [0.29, 0.717) is 18.6 Å². The van der Waals surface area contributed by atoms with E-state index >= 15 is 0 Å². The van der Waals surface area contributed by atoms with E-state index in [1.54, 1.807) is 11.3 Å². The molecule has 4 nitrogen and oxygen atoms in total. The number of carbonyl (C=O) groups is 1. The molecule has 3 heterocycles. The Bertz CT molecular complexity index is 379. The number of hydrogen-bond acceptors (Lipinski definition) is 4. The Balaban J connectivity index is 1.84. The number of nitrogens with one attached hydrogen (secondary N) is 2. The minimum Gasteiger partial charge on any atom is -0.353 e. The third-order valence-corrected chi connectivity index (χ3v) is 4.29. The molecular weight excluding hydrogens is 222 g/mol. The van der Waals surface area contributed by atoms with Crippen LogP contribution in [0, 0.1) is 0 Å². The van der Waals surface area contributed by atoms with E-state index in [1.807, 2.05) is 0 Å². The normalized spacial score (nSPS) is 30.9. The molecule has 0 aliphatic carbocycles. The van der Waals surface area contributed by atoms with Crippen molar-refractivity contribution < 1.29 is 4.79 Å². The summed E-state index contributed by atoms with van der Waals surface area (Å²) >= 11 is 1.77. The van der Waals surface area contributed by atoms with Gasteiger partial charge in [-0.05, 0) is 11.4 Å². The largest absolute Gasteiger partial charge is 0.353 e. The predicted molar refractivity (Wildman–Crippen MR) is 63.4 cm³/mol. The molecule has 0 radical (unpaired) electrons. The fourth-order valence-electron chi connectivity index (χ4n) is 2.50. The summed E-state index contributed by atoms with van der Waals surface area (Å²) in [5.74, 6) is 0.153. The number of carbonyl (C=O) groups excluding carboxylic acids is 1. The zero-order valence-electron chi connectivity index (χ0n) is 8.98. The number of piperazine rings is 2. The van der Waals surface area contributed by atoms with E-state index in [9.17, 15) is 4.79 Å². The Labute approximate surface area is 98.6 Å². The molecule has 0 saturated carbocycles. The van der Waals surface area contributed by atoms with Gasteiger partial charge in [-0.1, -0.05) is 6.07 Å². The minimum atomic E-state index is 0.153. The summed E-state index contributed by atoms with van der Waals surface area (Å²) in [4.78, 5) is 15.2. The molecule has 2 unspecified atom stereocenters. The molecule has 2 aliphatic rings. The van der Waals surface area contributed by atoms with E-state index in [-0.39, 0.29) is 5.91 Å². The number of thiophene rings is 1. The minimum absolute atomic E-state index is 0.153. The SMILES string of the molecule is O=C1CN2C(CNCC2c2cccs2)CN1. The summed E-state index contributed by atoms with van der Waals surface area (Å²) in [6, 6.07) is 5.04. The van der Waals surface area contributed by atoms with Crippen molar-refractivity contribution in [3.8, 4) is 0 Å². The van der Waals surface area contributed by atoms with Gasteiger partial charge in [0.05, 0.1) is 12.6 Å². The van der Waals surface area contributed by atoms with Crippen molar-refractivity contribution >= 4 is 17.2 Å². The first kappa shape index (κ1) is 10.3. The smallest absolute Gasteiger partial charge is 0.234 e. The highest BCUT2D eigenvalue weighted by molar-refractivity contribution is 7.10. The second-order valence-corrected chi connectivity index (χ2v) is 5.30. The monoisotopic (exact) mass is 237 g/mol. The van der Waals surface area contributed by atoms with Crippen molar-refractivity contribution in [2.24, 2.45) is 0 Å². The molecule has 0 spiro atoms. The fraction of sp³-hybridized carbons (Fsp3) is 0.545. The lowest BCUT2D eigenvalue weighted by Crippen LogP contribution is -2.62. The predicted octanol–water partition coefficient (Wildman–Crippen LogP) is 0.193. The van der Waals surface area contributed by atoms with Crippen LogP contribution in [0.2, 0.25) is 0 Å². The molecule has 2 aliphatic heterocycles. The van der Waals surface area contributed by atoms with E-state index in [4.69, 9.17) is 0 Å². The van der Waals surface area contributed by atoms with Crippen molar-refractivity contribution in [3.63, 3.8) is 0 Å². The van der Waals surface area contributed by atoms with Gasteiger partial charge in [-0.25, -0.2) is 0 Å². The van der Waals surface area contributed by atoms with Gasteiger partial charge < -0.3 is 10.6 Å². The molecule has 2 N–H and O–H groups in total. The number of rotatable bonds is 1. The van der Waals surface area contributed by atoms with E-state index in [1.165, 1.54) is 4.88 Å². The maximum absolute atomic E-state index is 11.5. The zero-order chi connectivity index (χ0) is 11.0. The van der Waals surface area contributed by atoms with Crippen molar-refractivity contribution in [1.29, 1.82) is 0 Å². The molecule has 0 bridgehead atoms.